The number of nitrogens with one attached hydrogen (secondary N) is 1. The van der Waals surface area contributed by atoms with Crippen LogP contribution in [0.15, 0.2) is 59.2 Å². The molecule has 8 heteroatoms. The van der Waals surface area contributed by atoms with Gasteiger partial charge in [-0.25, -0.2) is 4.39 Å². The number of nitrogens with zero attached hydrogens (tertiary/aromatic N) is 1. The fraction of sp³-hybridized carbons (Fsp3) is 0.0500. The van der Waals surface area contributed by atoms with Gasteiger partial charge in [-0.15, -0.1) is 0 Å². The maximum atomic E-state index is 13.9. The van der Waals surface area contributed by atoms with Crippen LogP contribution in [0.3, 0.4) is 0 Å². The summed E-state index contributed by atoms with van der Waals surface area (Å²) in [6, 6.07) is 11.3. The van der Waals surface area contributed by atoms with E-state index in [1.165, 1.54) is 36.6 Å². The van der Waals surface area contributed by atoms with E-state index in [2.05, 4.69) is 5.32 Å². The lowest BCUT2D eigenvalue weighted by Gasteiger charge is -2.11. The molecule has 6 nitrogen and oxygen atoms in total. The number of hydrogen-bond donors (Lipinski definition) is 1. The molecule has 0 aliphatic carbocycles. The number of anilines is 1. The zero-order valence-electron chi connectivity index (χ0n) is 14.2. The lowest BCUT2D eigenvalue weighted by atomic mass is 10.1. The molecule has 3 amide bonds. The second-order valence-electron chi connectivity index (χ2n) is 6.11. The Morgan fingerprint density at radius 1 is 1.07 bits per heavy atom. The van der Waals surface area contributed by atoms with Crippen molar-refractivity contribution >= 4 is 35.0 Å². The van der Waals surface area contributed by atoms with Crippen molar-refractivity contribution in [3.63, 3.8) is 0 Å². The van der Waals surface area contributed by atoms with E-state index in [1.54, 1.807) is 12.1 Å². The largest absolute Gasteiger partial charge is 0.467 e. The first-order valence-electron chi connectivity index (χ1n) is 8.23. The van der Waals surface area contributed by atoms with Gasteiger partial charge in [0.15, 0.2) is 0 Å². The van der Waals surface area contributed by atoms with E-state index in [0.717, 1.165) is 11.0 Å². The number of carbonyl (C=O) groups excluding carboxylic acids is 3. The highest BCUT2D eigenvalue weighted by atomic mass is 35.5. The van der Waals surface area contributed by atoms with Crippen LogP contribution in [0, 0.1) is 5.82 Å². The molecule has 0 spiro atoms. The molecule has 1 aliphatic heterocycles. The van der Waals surface area contributed by atoms with Crippen LogP contribution in [0.5, 0.6) is 0 Å². The number of carbonyl (C=O) groups is 3. The zero-order valence-corrected chi connectivity index (χ0v) is 15.0. The molecule has 0 fully saturated rings. The van der Waals surface area contributed by atoms with Crippen LogP contribution in [0.1, 0.15) is 36.8 Å². The molecule has 0 saturated heterocycles. The monoisotopic (exact) mass is 398 g/mol. The van der Waals surface area contributed by atoms with Crippen molar-refractivity contribution in [1.82, 2.24) is 4.90 Å². The second-order valence-corrected chi connectivity index (χ2v) is 6.55. The number of hydrogen-bond acceptors (Lipinski definition) is 4. The van der Waals surface area contributed by atoms with Crippen molar-refractivity contribution in [2.24, 2.45) is 0 Å². The molecule has 1 aliphatic rings. The van der Waals surface area contributed by atoms with E-state index in [-0.39, 0.29) is 33.9 Å². The molecule has 3 aromatic rings. The summed E-state index contributed by atoms with van der Waals surface area (Å²) < 4.78 is 19.1. The SMILES string of the molecule is O=C(Nc1ccc(Cl)cc1F)c1ccc2c(c1)C(=O)N(Cc1ccco1)C2=O. The number of halogens is 2. The molecule has 1 aromatic heterocycles. The highest BCUT2D eigenvalue weighted by Gasteiger charge is 2.36. The molecule has 0 unspecified atom stereocenters. The third-order valence-corrected chi connectivity index (χ3v) is 4.54. The van der Waals surface area contributed by atoms with E-state index in [9.17, 15) is 18.8 Å². The molecule has 0 saturated carbocycles. The Balaban J connectivity index is 1.58. The number of rotatable bonds is 4. The third kappa shape index (κ3) is 3.16. The summed E-state index contributed by atoms with van der Waals surface area (Å²) in [5.41, 5.74) is 0.386. The number of imide groups is 1. The van der Waals surface area contributed by atoms with Crippen LogP contribution in [-0.2, 0) is 6.54 Å². The molecular formula is C20H12ClFN2O4. The number of amides is 3. The molecule has 28 heavy (non-hydrogen) atoms. The Bertz CT molecular complexity index is 1110. The topological polar surface area (TPSA) is 79.6 Å². The first-order chi connectivity index (χ1) is 13.4. The van der Waals surface area contributed by atoms with Crippen LogP contribution < -0.4 is 5.32 Å². The second kappa shape index (κ2) is 6.94. The van der Waals surface area contributed by atoms with E-state index in [0.29, 0.717) is 5.76 Å². The Kier molecular flexibility index (Phi) is 4.44. The Morgan fingerprint density at radius 2 is 1.86 bits per heavy atom. The number of fused-ring (bicyclic) bond motifs is 1. The fourth-order valence-corrected chi connectivity index (χ4v) is 3.08. The van der Waals surface area contributed by atoms with Crippen molar-refractivity contribution in [2.45, 2.75) is 6.54 Å². The van der Waals surface area contributed by atoms with Crippen molar-refractivity contribution < 1.29 is 23.2 Å². The molecule has 4 rings (SSSR count). The first-order valence-corrected chi connectivity index (χ1v) is 8.61. The van der Waals surface area contributed by atoms with Gasteiger partial charge < -0.3 is 9.73 Å². The zero-order chi connectivity index (χ0) is 19.8. The number of furan rings is 1. The molecule has 0 radical (unpaired) electrons. The van der Waals surface area contributed by atoms with Crippen LogP contribution in [0.2, 0.25) is 5.02 Å². The quantitative estimate of drug-likeness (QED) is 0.670. The van der Waals surface area contributed by atoms with Crippen molar-refractivity contribution in [3.05, 3.63) is 88.1 Å². The van der Waals surface area contributed by atoms with Gasteiger partial charge in [-0.3, -0.25) is 19.3 Å². The smallest absolute Gasteiger partial charge is 0.261 e. The Labute approximate surface area is 163 Å². The summed E-state index contributed by atoms with van der Waals surface area (Å²) in [5.74, 6) is -1.83. The number of benzene rings is 2. The lowest BCUT2D eigenvalue weighted by molar-refractivity contribution is 0.0631. The Morgan fingerprint density at radius 3 is 2.57 bits per heavy atom. The minimum absolute atomic E-state index is 0.00311. The Hall–Kier alpha value is -3.45. The van der Waals surface area contributed by atoms with Gasteiger partial charge in [0.2, 0.25) is 0 Å². The summed E-state index contributed by atoms with van der Waals surface area (Å²) >= 11 is 5.70. The summed E-state index contributed by atoms with van der Waals surface area (Å²) in [6.07, 6.45) is 1.45. The summed E-state index contributed by atoms with van der Waals surface area (Å²) in [6.45, 7) is -0.00311. The van der Waals surface area contributed by atoms with Gasteiger partial charge in [0.1, 0.15) is 11.6 Å². The van der Waals surface area contributed by atoms with E-state index in [4.69, 9.17) is 16.0 Å². The third-order valence-electron chi connectivity index (χ3n) is 4.31. The van der Waals surface area contributed by atoms with Crippen molar-refractivity contribution in [2.75, 3.05) is 5.32 Å². The standard InChI is InChI=1S/C20H12ClFN2O4/c21-12-4-6-17(16(22)9-12)23-18(25)11-3-5-14-15(8-11)20(27)24(19(14)26)10-13-2-1-7-28-13/h1-9H,10H2,(H,23,25). The fourth-order valence-electron chi connectivity index (χ4n) is 2.92. The van der Waals surface area contributed by atoms with Crippen LogP contribution in [0.25, 0.3) is 0 Å². The summed E-state index contributed by atoms with van der Waals surface area (Å²) in [7, 11) is 0. The van der Waals surface area contributed by atoms with Crippen LogP contribution in [-0.4, -0.2) is 22.6 Å². The van der Waals surface area contributed by atoms with Gasteiger partial charge >= 0.3 is 0 Å². The van der Waals surface area contributed by atoms with Gasteiger partial charge in [-0.05, 0) is 48.5 Å². The van der Waals surface area contributed by atoms with E-state index in [1.807, 2.05) is 0 Å². The average molecular weight is 399 g/mol. The minimum Gasteiger partial charge on any atom is -0.467 e. The molecular weight excluding hydrogens is 387 g/mol. The van der Waals surface area contributed by atoms with E-state index >= 15 is 0 Å². The van der Waals surface area contributed by atoms with Gasteiger partial charge in [-0.1, -0.05) is 11.6 Å². The first kappa shape index (κ1) is 17.9. The van der Waals surface area contributed by atoms with Gasteiger partial charge in [0, 0.05) is 10.6 Å². The molecule has 2 heterocycles. The normalized spacial score (nSPS) is 13.0. The molecule has 0 atom stereocenters. The average Bonchev–Trinajstić information content (AvgIpc) is 3.27. The summed E-state index contributed by atoms with van der Waals surface area (Å²) in [5, 5.41) is 2.62. The van der Waals surface area contributed by atoms with E-state index < -0.39 is 23.5 Å². The highest BCUT2D eigenvalue weighted by Crippen LogP contribution is 2.26. The maximum absolute atomic E-state index is 13.9. The van der Waals surface area contributed by atoms with Crippen molar-refractivity contribution in [3.8, 4) is 0 Å². The lowest BCUT2D eigenvalue weighted by Crippen LogP contribution is -2.28. The molecule has 0 bridgehead atoms. The van der Waals surface area contributed by atoms with Gasteiger partial charge in [-0.2, -0.15) is 0 Å². The minimum atomic E-state index is -0.683. The molecule has 2 aromatic carbocycles. The van der Waals surface area contributed by atoms with Crippen LogP contribution in [0.4, 0.5) is 10.1 Å². The highest BCUT2D eigenvalue weighted by molar-refractivity contribution is 6.30. The van der Waals surface area contributed by atoms with Gasteiger partial charge in [0.05, 0.1) is 29.6 Å². The predicted octanol–water partition coefficient (Wildman–Crippen LogP) is 4.12. The molecule has 140 valence electrons. The van der Waals surface area contributed by atoms with Crippen molar-refractivity contribution in [1.29, 1.82) is 0 Å². The predicted molar refractivity (Wildman–Crippen MR) is 98.7 cm³/mol. The van der Waals surface area contributed by atoms with Gasteiger partial charge in [0.25, 0.3) is 17.7 Å². The summed E-state index contributed by atoms with van der Waals surface area (Å²) in [4.78, 5) is 38.6. The maximum Gasteiger partial charge on any atom is 0.261 e. The molecule has 1 N–H and O–H groups in total. The van der Waals surface area contributed by atoms with Crippen LogP contribution >= 0.6 is 11.6 Å².